The van der Waals surface area contributed by atoms with Crippen LogP contribution in [0.2, 0.25) is 0 Å². The maximum absolute atomic E-state index is 13.1. The van der Waals surface area contributed by atoms with Gasteiger partial charge in [0.25, 0.3) is 5.56 Å². The lowest BCUT2D eigenvalue weighted by molar-refractivity contribution is 0.0142. The van der Waals surface area contributed by atoms with Gasteiger partial charge in [-0.05, 0) is 42.7 Å². The molecule has 29 heavy (non-hydrogen) atoms. The van der Waals surface area contributed by atoms with Crippen molar-refractivity contribution in [1.29, 1.82) is 0 Å². The number of aliphatic hydroxyl groups is 1. The van der Waals surface area contributed by atoms with Crippen molar-refractivity contribution in [3.8, 4) is 11.1 Å². The highest BCUT2D eigenvalue weighted by molar-refractivity contribution is 7.17. The van der Waals surface area contributed by atoms with Crippen molar-refractivity contribution >= 4 is 21.6 Å². The summed E-state index contributed by atoms with van der Waals surface area (Å²) in [5.41, 5.74) is 4.10. The van der Waals surface area contributed by atoms with E-state index in [1.54, 1.807) is 18.4 Å². The number of nitrogens with zero attached hydrogens (tertiary/aromatic N) is 2. The number of thiophene rings is 1. The van der Waals surface area contributed by atoms with Crippen molar-refractivity contribution in [2.45, 2.75) is 33.1 Å². The van der Waals surface area contributed by atoms with Gasteiger partial charge in [-0.15, -0.1) is 11.3 Å². The first kappa shape index (κ1) is 19.6. The number of aryl methyl sites for hydroxylation is 2. The van der Waals surface area contributed by atoms with Gasteiger partial charge in [-0.1, -0.05) is 18.2 Å². The van der Waals surface area contributed by atoms with Crippen LogP contribution in [-0.4, -0.2) is 27.4 Å². The van der Waals surface area contributed by atoms with Gasteiger partial charge in [0.2, 0.25) is 0 Å². The number of benzene rings is 1. The van der Waals surface area contributed by atoms with E-state index in [0.717, 1.165) is 11.1 Å². The second-order valence-corrected chi connectivity index (χ2v) is 7.94. The Balaban J connectivity index is 1.55. The van der Waals surface area contributed by atoms with Crippen LogP contribution < -0.4 is 5.56 Å². The molecule has 0 radical (unpaired) electrons. The minimum atomic E-state index is -0.828. The maximum Gasteiger partial charge on any atom is 0.262 e. The maximum atomic E-state index is 13.1. The van der Waals surface area contributed by atoms with Crippen molar-refractivity contribution in [2.75, 3.05) is 6.61 Å². The third-order valence-electron chi connectivity index (χ3n) is 4.92. The predicted octanol–water partition coefficient (Wildman–Crippen LogP) is 3.91. The first-order valence-corrected chi connectivity index (χ1v) is 10.2. The van der Waals surface area contributed by atoms with Crippen molar-refractivity contribution < 1.29 is 14.3 Å². The molecule has 0 aliphatic heterocycles. The van der Waals surface area contributed by atoms with Gasteiger partial charge in [-0.2, -0.15) is 0 Å². The second kappa shape index (κ2) is 8.32. The summed E-state index contributed by atoms with van der Waals surface area (Å²) in [5, 5.41) is 12.8. The van der Waals surface area contributed by atoms with Crippen molar-refractivity contribution in [3.05, 3.63) is 75.5 Å². The van der Waals surface area contributed by atoms with E-state index in [4.69, 9.17) is 9.15 Å². The molecule has 0 spiro atoms. The quantitative estimate of drug-likeness (QED) is 0.500. The summed E-state index contributed by atoms with van der Waals surface area (Å²) in [4.78, 5) is 18.2. The van der Waals surface area contributed by atoms with E-state index in [0.29, 0.717) is 16.0 Å². The van der Waals surface area contributed by atoms with E-state index in [1.807, 2.05) is 11.4 Å². The Bertz CT molecular complexity index is 1180. The van der Waals surface area contributed by atoms with Gasteiger partial charge in [0.15, 0.2) is 0 Å². The van der Waals surface area contributed by atoms with E-state index in [2.05, 4.69) is 31.0 Å². The molecule has 150 valence electrons. The van der Waals surface area contributed by atoms with Gasteiger partial charge in [0, 0.05) is 10.9 Å². The highest BCUT2D eigenvalue weighted by Gasteiger charge is 2.15. The minimum absolute atomic E-state index is 0.0961. The number of hydrogen-bond donors (Lipinski definition) is 1. The molecule has 4 aromatic rings. The van der Waals surface area contributed by atoms with E-state index in [1.165, 1.54) is 33.4 Å². The Labute approximate surface area is 172 Å². The number of aliphatic hydroxyl groups excluding tert-OH is 1. The van der Waals surface area contributed by atoms with Crippen LogP contribution in [0.3, 0.4) is 0 Å². The van der Waals surface area contributed by atoms with Gasteiger partial charge in [0.05, 0.1) is 37.2 Å². The zero-order chi connectivity index (χ0) is 20.4. The van der Waals surface area contributed by atoms with Crippen molar-refractivity contribution in [1.82, 2.24) is 9.55 Å². The van der Waals surface area contributed by atoms with Gasteiger partial charge in [-0.25, -0.2) is 4.98 Å². The number of fused-ring (bicyclic) bond motifs is 1. The smallest absolute Gasteiger partial charge is 0.262 e. The summed E-state index contributed by atoms with van der Waals surface area (Å²) < 4.78 is 12.1. The van der Waals surface area contributed by atoms with Crippen molar-refractivity contribution in [3.63, 3.8) is 0 Å². The predicted molar refractivity (Wildman–Crippen MR) is 113 cm³/mol. The van der Waals surface area contributed by atoms with Crippen LogP contribution in [0.15, 0.2) is 57.5 Å². The van der Waals surface area contributed by atoms with E-state index in [9.17, 15) is 9.90 Å². The summed E-state index contributed by atoms with van der Waals surface area (Å²) in [6.07, 6.45) is 2.23. The average Bonchev–Trinajstić information content (AvgIpc) is 3.36. The fourth-order valence-electron chi connectivity index (χ4n) is 3.19. The van der Waals surface area contributed by atoms with Crippen LogP contribution in [0.1, 0.15) is 16.9 Å². The van der Waals surface area contributed by atoms with E-state index >= 15 is 0 Å². The Kier molecular flexibility index (Phi) is 5.62. The van der Waals surface area contributed by atoms with Crippen LogP contribution >= 0.6 is 11.3 Å². The molecule has 0 fully saturated rings. The molecule has 1 unspecified atom stereocenters. The Morgan fingerprint density at radius 3 is 2.90 bits per heavy atom. The van der Waals surface area contributed by atoms with Gasteiger partial charge in [0.1, 0.15) is 17.2 Å². The average molecular weight is 410 g/mol. The highest BCUT2D eigenvalue weighted by Crippen LogP contribution is 2.31. The topological polar surface area (TPSA) is 77.5 Å². The van der Waals surface area contributed by atoms with Crippen LogP contribution in [0, 0.1) is 13.8 Å². The summed E-state index contributed by atoms with van der Waals surface area (Å²) >= 11 is 1.45. The number of rotatable bonds is 7. The molecule has 7 heteroatoms. The number of hydrogen-bond acceptors (Lipinski definition) is 6. The number of ether oxygens (including phenoxy) is 1. The summed E-state index contributed by atoms with van der Waals surface area (Å²) in [7, 11) is 0. The third kappa shape index (κ3) is 4.17. The molecule has 0 aliphatic carbocycles. The fraction of sp³-hybridized carbons (Fsp3) is 0.273. The van der Waals surface area contributed by atoms with Crippen LogP contribution in [0.4, 0.5) is 0 Å². The molecular formula is C22H22N2O4S. The molecule has 0 amide bonds. The molecule has 4 rings (SSSR count). The molecule has 6 nitrogen and oxygen atoms in total. The highest BCUT2D eigenvalue weighted by atomic mass is 32.1. The minimum Gasteiger partial charge on any atom is -0.467 e. The molecule has 0 aliphatic rings. The Hall–Kier alpha value is -2.74. The lowest BCUT2D eigenvalue weighted by atomic mass is 10.0. The fourth-order valence-corrected chi connectivity index (χ4v) is 4.10. The summed E-state index contributed by atoms with van der Waals surface area (Å²) in [5.74, 6) is 0.689. The van der Waals surface area contributed by atoms with Crippen molar-refractivity contribution in [2.24, 2.45) is 0 Å². The Morgan fingerprint density at radius 1 is 1.28 bits per heavy atom. The molecule has 1 atom stereocenters. The first-order valence-electron chi connectivity index (χ1n) is 9.35. The standard InChI is InChI=1S/C22H22N2O4S/c1-14-5-6-16(8-15(14)2)19-12-29-21-20(19)22(26)24(13-23-21)9-17(25)10-27-11-18-4-3-7-28-18/h3-8,12-13,17,25H,9-11H2,1-2H3. The SMILES string of the molecule is Cc1ccc(-c2csc3ncn(CC(O)COCc4ccco4)c(=O)c23)cc1C. The van der Waals surface area contributed by atoms with Crippen LogP contribution in [-0.2, 0) is 17.9 Å². The molecule has 0 saturated heterocycles. The van der Waals surface area contributed by atoms with Gasteiger partial charge < -0.3 is 14.3 Å². The zero-order valence-electron chi connectivity index (χ0n) is 16.3. The molecule has 1 N–H and O–H groups in total. The normalized spacial score (nSPS) is 12.5. The zero-order valence-corrected chi connectivity index (χ0v) is 17.1. The summed E-state index contributed by atoms with van der Waals surface area (Å²) in [6.45, 7) is 4.61. The lowest BCUT2D eigenvalue weighted by Crippen LogP contribution is -2.29. The molecule has 3 heterocycles. The molecule has 1 aromatic carbocycles. The van der Waals surface area contributed by atoms with Gasteiger partial charge >= 0.3 is 0 Å². The molecule has 0 bridgehead atoms. The molecule has 3 aromatic heterocycles. The molecule has 0 saturated carbocycles. The van der Waals surface area contributed by atoms with E-state index in [-0.39, 0.29) is 25.3 Å². The Morgan fingerprint density at radius 2 is 2.14 bits per heavy atom. The number of furan rings is 1. The largest absolute Gasteiger partial charge is 0.467 e. The molecular weight excluding hydrogens is 388 g/mol. The number of aromatic nitrogens is 2. The second-order valence-electron chi connectivity index (χ2n) is 7.08. The monoisotopic (exact) mass is 410 g/mol. The summed E-state index contributed by atoms with van der Waals surface area (Å²) in [6, 6.07) is 9.76. The third-order valence-corrected chi connectivity index (χ3v) is 5.81. The van der Waals surface area contributed by atoms with Crippen LogP contribution in [0.5, 0.6) is 0 Å². The van der Waals surface area contributed by atoms with E-state index < -0.39 is 6.10 Å². The lowest BCUT2D eigenvalue weighted by Gasteiger charge is -2.13. The van der Waals surface area contributed by atoms with Gasteiger partial charge in [-0.3, -0.25) is 9.36 Å². The van der Waals surface area contributed by atoms with Crippen LogP contribution in [0.25, 0.3) is 21.3 Å². The first-order chi connectivity index (χ1) is 14.0.